The first-order valence-electron chi connectivity index (χ1n) is 5.81. The summed E-state index contributed by atoms with van der Waals surface area (Å²) < 4.78 is 5.21. The molecule has 1 atom stereocenters. The molecule has 0 aliphatic rings. The van der Waals surface area contributed by atoms with Gasteiger partial charge in [-0.15, -0.1) is 0 Å². The molecule has 0 N–H and O–H groups in total. The van der Waals surface area contributed by atoms with Gasteiger partial charge >= 0.3 is 5.97 Å². The Morgan fingerprint density at radius 2 is 2.06 bits per heavy atom. The van der Waals surface area contributed by atoms with E-state index >= 15 is 0 Å². The van der Waals surface area contributed by atoms with E-state index < -0.39 is 11.4 Å². The second-order valence-corrected chi connectivity index (χ2v) is 4.25. The predicted molar refractivity (Wildman–Crippen MR) is 65.3 cm³/mol. The minimum absolute atomic E-state index is 0.473. The van der Waals surface area contributed by atoms with Gasteiger partial charge in [0.1, 0.15) is 5.75 Å². The molecule has 0 aromatic heterocycles. The van der Waals surface area contributed by atoms with E-state index in [1.807, 2.05) is 13.0 Å². The fraction of sp³-hybridized carbons (Fsp3) is 0.429. The smallest absolute Gasteiger partial charge is 0.331 e. The van der Waals surface area contributed by atoms with Gasteiger partial charge in [0.15, 0.2) is 5.41 Å². The average molecular weight is 231 g/mol. The van der Waals surface area contributed by atoms with Crippen molar-refractivity contribution in [3.8, 4) is 11.8 Å². The highest BCUT2D eigenvalue weighted by molar-refractivity contribution is 5.81. The minimum atomic E-state index is -1.05. The van der Waals surface area contributed by atoms with Crippen LogP contribution in [0.3, 0.4) is 0 Å². The van der Waals surface area contributed by atoms with Gasteiger partial charge in [0.25, 0.3) is 0 Å². The number of rotatable bonds is 5. The van der Waals surface area contributed by atoms with Gasteiger partial charge in [0, 0.05) is 0 Å². The molecule has 1 aromatic rings. The Bertz CT molecular complexity index is 408. The fourth-order valence-electron chi connectivity index (χ4n) is 1.44. The van der Waals surface area contributed by atoms with Crippen molar-refractivity contribution in [1.29, 1.82) is 5.26 Å². The second-order valence-electron chi connectivity index (χ2n) is 4.25. The van der Waals surface area contributed by atoms with Crippen LogP contribution < -0.4 is 4.74 Å². The molecule has 0 spiro atoms. The molecule has 0 radical (unpaired) electrons. The summed E-state index contributed by atoms with van der Waals surface area (Å²) in [7, 11) is 0. The Balaban J connectivity index is 2.71. The van der Waals surface area contributed by atoms with Gasteiger partial charge < -0.3 is 4.74 Å². The van der Waals surface area contributed by atoms with Gasteiger partial charge in [-0.25, -0.2) is 4.79 Å². The van der Waals surface area contributed by atoms with Crippen LogP contribution in [0.2, 0.25) is 0 Å². The molecule has 1 aromatic carbocycles. The van der Waals surface area contributed by atoms with Gasteiger partial charge in [-0.05, 0) is 25.5 Å². The Morgan fingerprint density at radius 1 is 1.41 bits per heavy atom. The monoisotopic (exact) mass is 231 g/mol. The van der Waals surface area contributed by atoms with Gasteiger partial charge in [-0.2, -0.15) is 5.26 Å². The Morgan fingerprint density at radius 3 is 2.59 bits per heavy atom. The fourth-order valence-corrected chi connectivity index (χ4v) is 1.44. The average Bonchev–Trinajstić information content (AvgIpc) is 2.37. The van der Waals surface area contributed by atoms with E-state index in [9.17, 15) is 4.79 Å². The third kappa shape index (κ3) is 3.60. The summed E-state index contributed by atoms with van der Waals surface area (Å²) in [6, 6.07) is 10.9. The summed E-state index contributed by atoms with van der Waals surface area (Å²) >= 11 is 0. The topological polar surface area (TPSA) is 50.1 Å². The molecule has 0 bridgehead atoms. The zero-order valence-corrected chi connectivity index (χ0v) is 10.3. The Kier molecular flexibility index (Phi) is 4.71. The molecule has 3 heteroatoms. The highest BCUT2D eigenvalue weighted by Gasteiger charge is 2.34. The van der Waals surface area contributed by atoms with Crippen LogP contribution >= 0.6 is 0 Å². The maximum Gasteiger partial charge on any atom is 0.331 e. The lowest BCUT2D eigenvalue weighted by Gasteiger charge is -2.19. The number of carbonyl (C=O) groups is 1. The third-order valence-corrected chi connectivity index (χ3v) is 2.68. The van der Waals surface area contributed by atoms with E-state index in [0.29, 0.717) is 12.2 Å². The van der Waals surface area contributed by atoms with Crippen LogP contribution in [0.1, 0.15) is 33.1 Å². The van der Waals surface area contributed by atoms with E-state index in [-0.39, 0.29) is 0 Å². The molecular weight excluding hydrogens is 214 g/mol. The number of carbonyl (C=O) groups excluding carboxylic acids is 1. The van der Waals surface area contributed by atoms with Crippen LogP contribution in [0, 0.1) is 16.7 Å². The number of benzene rings is 1. The number of ether oxygens (including phenoxy) is 1. The summed E-state index contributed by atoms with van der Waals surface area (Å²) in [6.45, 7) is 3.66. The second kappa shape index (κ2) is 6.05. The molecule has 1 rings (SSSR count). The van der Waals surface area contributed by atoms with Crippen LogP contribution in [0.4, 0.5) is 0 Å². The van der Waals surface area contributed by atoms with E-state index in [0.717, 1.165) is 12.8 Å². The van der Waals surface area contributed by atoms with Crippen molar-refractivity contribution >= 4 is 5.97 Å². The molecule has 1 unspecified atom stereocenters. The molecular formula is C14H17NO2. The number of para-hydroxylation sites is 1. The minimum Gasteiger partial charge on any atom is -0.425 e. The summed E-state index contributed by atoms with van der Waals surface area (Å²) in [4.78, 5) is 11.9. The number of hydrogen-bond acceptors (Lipinski definition) is 3. The molecule has 0 saturated heterocycles. The molecule has 0 amide bonds. The number of unbranched alkanes of at least 4 members (excludes halogenated alkanes) is 1. The zero-order chi connectivity index (χ0) is 12.7. The molecule has 0 fully saturated rings. The zero-order valence-electron chi connectivity index (χ0n) is 10.3. The van der Waals surface area contributed by atoms with Crippen molar-refractivity contribution in [2.45, 2.75) is 33.1 Å². The van der Waals surface area contributed by atoms with Gasteiger partial charge in [0.2, 0.25) is 0 Å². The van der Waals surface area contributed by atoms with Crippen LogP contribution in [0.5, 0.6) is 5.75 Å². The molecule has 0 aliphatic heterocycles. The number of hydrogen-bond donors (Lipinski definition) is 0. The van der Waals surface area contributed by atoms with Crippen molar-refractivity contribution in [3.63, 3.8) is 0 Å². The van der Waals surface area contributed by atoms with Crippen molar-refractivity contribution in [1.82, 2.24) is 0 Å². The molecule has 0 aliphatic carbocycles. The van der Waals surface area contributed by atoms with E-state index in [4.69, 9.17) is 10.00 Å². The van der Waals surface area contributed by atoms with E-state index in [1.54, 1.807) is 31.2 Å². The lowest BCUT2D eigenvalue weighted by atomic mass is 9.87. The SMILES string of the molecule is CCCCC(C)(C#N)C(=O)Oc1ccccc1. The third-order valence-electron chi connectivity index (χ3n) is 2.68. The van der Waals surface area contributed by atoms with Crippen molar-refractivity contribution in [2.75, 3.05) is 0 Å². The highest BCUT2D eigenvalue weighted by Crippen LogP contribution is 2.26. The first kappa shape index (κ1) is 13.2. The predicted octanol–water partition coefficient (Wildman–Crippen LogP) is 3.31. The standard InChI is InChI=1S/C14H17NO2/c1-3-4-10-14(2,11-15)13(16)17-12-8-6-5-7-9-12/h5-9H,3-4,10H2,1-2H3. The molecule has 3 nitrogen and oxygen atoms in total. The van der Waals surface area contributed by atoms with Crippen LogP contribution in [0.25, 0.3) is 0 Å². The summed E-state index contributed by atoms with van der Waals surface area (Å²) in [5, 5.41) is 9.11. The highest BCUT2D eigenvalue weighted by atomic mass is 16.5. The van der Waals surface area contributed by atoms with Crippen molar-refractivity contribution < 1.29 is 9.53 Å². The van der Waals surface area contributed by atoms with E-state index in [2.05, 4.69) is 6.07 Å². The lowest BCUT2D eigenvalue weighted by molar-refractivity contribution is -0.142. The maximum atomic E-state index is 11.9. The van der Waals surface area contributed by atoms with Crippen LogP contribution in [-0.2, 0) is 4.79 Å². The Labute approximate surface area is 102 Å². The maximum absolute atomic E-state index is 11.9. The lowest BCUT2D eigenvalue weighted by Crippen LogP contribution is -2.30. The van der Waals surface area contributed by atoms with Crippen molar-refractivity contribution in [3.05, 3.63) is 30.3 Å². The summed E-state index contributed by atoms with van der Waals surface area (Å²) in [5.74, 6) is 0.00937. The molecule has 0 heterocycles. The van der Waals surface area contributed by atoms with Gasteiger partial charge in [0.05, 0.1) is 6.07 Å². The first-order chi connectivity index (χ1) is 8.12. The first-order valence-corrected chi connectivity index (χ1v) is 5.81. The molecule has 90 valence electrons. The van der Waals surface area contributed by atoms with E-state index in [1.165, 1.54) is 0 Å². The normalized spacial score (nSPS) is 13.5. The largest absolute Gasteiger partial charge is 0.425 e. The van der Waals surface area contributed by atoms with Gasteiger partial charge in [-0.3, -0.25) is 0 Å². The summed E-state index contributed by atoms with van der Waals surface area (Å²) in [5.41, 5.74) is -1.05. The number of esters is 1. The van der Waals surface area contributed by atoms with Gasteiger partial charge in [-0.1, -0.05) is 38.0 Å². The summed E-state index contributed by atoms with van der Waals surface area (Å²) in [6.07, 6.45) is 2.33. The number of nitriles is 1. The van der Waals surface area contributed by atoms with Crippen molar-refractivity contribution in [2.24, 2.45) is 5.41 Å². The number of nitrogens with zero attached hydrogens (tertiary/aromatic N) is 1. The Hall–Kier alpha value is -1.82. The quantitative estimate of drug-likeness (QED) is 0.577. The molecule has 0 saturated carbocycles. The van der Waals surface area contributed by atoms with Crippen LogP contribution in [0.15, 0.2) is 30.3 Å². The molecule has 17 heavy (non-hydrogen) atoms. The van der Waals surface area contributed by atoms with Crippen LogP contribution in [-0.4, -0.2) is 5.97 Å².